The van der Waals surface area contributed by atoms with Gasteiger partial charge in [0.2, 0.25) is 0 Å². The average molecular weight is 679 g/mol. The van der Waals surface area contributed by atoms with E-state index in [9.17, 15) is 61.5 Å². The molecule has 0 saturated heterocycles. The Hall–Kier alpha value is -3.08. The van der Waals surface area contributed by atoms with Gasteiger partial charge in [0.05, 0.1) is 19.0 Å². The van der Waals surface area contributed by atoms with E-state index in [1.54, 1.807) is 0 Å². The molecule has 0 bridgehead atoms. The smallest absolute Gasteiger partial charge is 0.460 e. The summed E-state index contributed by atoms with van der Waals surface area (Å²) in [5.74, 6) is -36.8. The lowest BCUT2D eigenvalue weighted by molar-refractivity contribution is -0.440. The van der Waals surface area contributed by atoms with Crippen LogP contribution >= 0.6 is 0 Å². The number of nitrogens with zero attached hydrogens (tertiary/aromatic N) is 2. The van der Waals surface area contributed by atoms with Crippen LogP contribution < -0.4 is 9.47 Å². The zero-order chi connectivity index (χ0) is 34.3. The summed E-state index contributed by atoms with van der Waals surface area (Å²) in [7, 11) is 0. The van der Waals surface area contributed by atoms with Crippen molar-refractivity contribution in [3.8, 4) is 22.9 Å². The Morgan fingerprint density at radius 3 is 1.73 bits per heavy atom. The van der Waals surface area contributed by atoms with E-state index in [-0.39, 0.29) is 18.2 Å². The van der Waals surface area contributed by atoms with Crippen LogP contribution in [0, 0.1) is 0 Å². The number of hydrogen-bond donors (Lipinski definition) is 0. The quantitative estimate of drug-likeness (QED) is 0.116. The largest absolute Gasteiger partial charge is 0.491 e. The molecule has 2 aromatic rings. The van der Waals surface area contributed by atoms with Crippen LogP contribution in [0.3, 0.4) is 0 Å². The van der Waals surface area contributed by atoms with Crippen LogP contribution in [0.15, 0.2) is 36.7 Å². The normalized spacial score (nSPS) is 14.4. The number of ether oxygens (including phenoxy) is 2. The fraction of sp³-hybridized carbons (Fsp3) is 0.630. The lowest BCUT2D eigenvalue weighted by Crippen LogP contribution is -2.70. The topological polar surface area (TPSA) is 44.2 Å². The van der Waals surface area contributed by atoms with E-state index < -0.39 is 61.4 Å². The first-order valence-corrected chi connectivity index (χ1v) is 13.4. The Balaban J connectivity index is 1.92. The van der Waals surface area contributed by atoms with Crippen molar-refractivity contribution in [2.75, 3.05) is 13.2 Å². The molecule has 1 atom stereocenters. The highest BCUT2D eigenvalue weighted by Crippen LogP contribution is 2.60. The molecule has 1 aromatic carbocycles. The standard InChI is InChI=1S/C27H28F14N2O2/c1-2-3-4-5-7-18(28)16-45-19-10-8-17(9-11-19)21-42-14-20(15-43-21)44-13-6-12-22(29,30)23(31,32)24(33,34)25(35,36)26(37,38)27(39,40)41/h8-11,14-15,18H,2-7,12-13,16H2,1H3. The maximum absolute atomic E-state index is 13.9. The van der Waals surface area contributed by atoms with Gasteiger partial charge >= 0.3 is 35.8 Å². The van der Waals surface area contributed by atoms with E-state index in [0.29, 0.717) is 17.7 Å². The zero-order valence-corrected chi connectivity index (χ0v) is 23.4. The molecule has 1 unspecified atom stereocenters. The van der Waals surface area contributed by atoms with Crippen molar-refractivity contribution >= 4 is 0 Å². The maximum atomic E-state index is 13.9. The number of unbranched alkanes of at least 4 members (excludes halogenated alkanes) is 3. The summed E-state index contributed by atoms with van der Waals surface area (Å²) < 4.78 is 196. The Labute approximate surface area is 248 Å². The molecule has 1 aromatic heterocycles. The van der Waals surface area contributed by atoms with Gasteiger partial charge < -0.3 is 9.47 Å². The van der Waals surface area contributed by atoms with E-state index >= 15 is 0 Å². The van der Waals surface area contributed by atoms with Gasteiger partial charge in [-0.25, -0.2) is 14.4 Å². The third-order valence-corrected chi connectivity index (χ3v) is 6.44. The highest BCUT2D eigenvalue weighted by Gasteiger charge is 2.90. The zero-order valence-electron chi connectivity index (χ0n) is 23.4. The molecule has 0 radical (unpaired) electrons. The van der Waals surface area contributed by atoms with Crippen LogP contribution in [0.4, 0.5) is 61.5 Å². The lowest BCUT2D eigenvalue weighted by atomic mass is 9.92. The second-order valence-corrected chi connectivity index (χ2v) is 9.98. The molecular weight excluding hydrogens is 650 g/mol. The van der Waals surface area contributed by atoms with Gasteiger partial charge in [0, 0.05) is 12.0 Å². The van der Waals surface area contributed by atoms with Crippen molar-refractivity contribution in [2.45, 2.75) is 93.8 Å². The number of halogens is 14. The molecule has 0 spiro atoms. The average Bonchev–Trinajstić information content (AvgIpc) is 2.96. The van der Waals surface area contributed by atoms with Gasteiger partial charge in [-0.3, -0.25) is 0 Å². The summed E-state index contributed by atoms with van der Waals surface area (Å²) in [6, 6.07) is 6.11. The first-order chi connectivity index (χ1) is 20.6. The van der Waals surface area contributed by atoms with Crippen molar-refractivity contribution in [3.63, 3.8) is 0 Å². The van der Waals surface area contributed by atoms with Crippen LogP contribution in [0.1, 0.15) is 51.9 Å². The third kappa shape index (κ3) is 8.60. The van der Waals surface area contributed by atoms with Gasteiger partial charge in [0.25, 0.3) is 0 Å². The molecule has 0 aliphatic heterocycles. The molecule has 0 amide bonds. The number of hydrogen-bond acceptors (Lipinski definition) is 4. The molecular formula is C27H28F14N2O2. The number of rotatable bonds is 18. The van der Waals surface area contributed by atoms with E-state index in [2.05, 4.69) is 9.97 Å². The molecule has 0 saturated carbocycles. The van der Waals surface area contributed by atoms with E-state index in [0.717, 1.165) is 38.1 Å². The first-order valence-electron chi connectivity index (χ1n) is 13.4. The molecule has 0 N–H and O–H groups in total. The van der Waals surface area contributed by atoms with Gasteiger partial charge in [0.15, 0.2) is 11.6 Å². The van der Waals surface area contributed by atoms with Gasteiger partial charge in [-0.2, -0.15) is 57.1 Å². The fourth-order valence-corrected chi connectivity index (χ4v) is 3.75. The molecule has 256 valence electrons. The van der Waals surface area contributed by atoms with Crippen molar-refractivity contribution in [1.29, 1.82) is 0 Å². The van der Waals surface area contributed by atoms with Gasteiger partial charge in [-0.1, -0.05) is 32.6 Å². The van der Waals surface area contributed by atoms with Crippen LogP contribution in [0.5, 0.6) is 11.5 Å². The number of alkyl halides is 14. The maximum Gasteiger partial charge on any atom is 0.460 e. The summed E-state index contributed by atoms with van der Waals surface area (Å²) in [6.07, 6.45) is -6.12. The fourth-order valence-electron chi connectivity index (χ4n) is 3.75. The Morgan fingerprint density at radius 1 is 0.644 bits per heavy atom. The Bertz CT molecular complexity index is 1190. The molecule has 0 aliphatic rings. The Morgan fingerprint density at radius 2 is 1.20 bits per heavy atom. The highest BCUT2D eigenvalue weighted by molar-refractivity contribution is 5.56. The minimum atomic E-state index is -7.93. The van der Waals surface area contributed by atoms with E-state index in [4.69, 9.17) is 9.47 Å². The molecule has 2 rings (SSSR count). The van der Waals surface area contributed by atoms with Gasteiger partial charge in [-0.15, -0.1) is 0 Å². The summed E-state index contributed by atoms with van der Waals surface area (Å²) >= 11 is 0. The van der Waals surface area contributed by atoms with Crippen LogP contribution in [0.25, 0.3) is 11.4 Å². The number of benzene rings is 1. The predicted molar refractivity (Wildman–Crippen MR) is 132 cm³/mol. The summed E-state index contributed by atoms with van der Waals surface area (Å²) in [4.78, 5) is 7.84. The lowest BCUT2D eigenvalue weighted by Gasteiger charge is -2.39. The van der Waals surface area contributed by atoms with Crippen molar-refractivity contribution in [1.82, 2.24) is 9.97 Å². The molecule has 4 nitrogen and oxygen atoms in total. The minimum Gasteiger partial charge on any atom is -0.491 e. The van der Waals surface area contributed by atoms with Gasteiger partial charge in [0.1, 0.15) is 18.5 Å². The van der Waals surface area contributed by atoms with E-state index in [1.165, 1.54) is 24.3 Å². The summed E-state index contributed by atoms with van der Waals surface area (Å²) in [5, 5.41) is 0. The van der Waals surface area contributed by atoms with Crippen molar-refractivity contribution < 1.29 is 70.9 Å². The molecule has 0 fully saturated rings. The third-order valence-electron chi connectivity index (χ3n) is 6.44. The molecule has 0 aliphatic carbocycles. The summed E-state index contributed by atoms with van der Waals surface area (Å²) in [5.41, 5.74) is 0.445. The molecule has 45 heavy (non-hydrogen) atoms. The van der Waals surface area contributed by atoms with Crippen LogP contribution in [-0.4, -0.2) is 65.1 Å². The SMILES string of the molecule is CCCCCCC(F)COc1ccc(-c2ncc(OCCCC(F)(F)C(F)(F)C(F)(F)C(F)(F)C(F)(F)C(F)(F)F)cn2)cc1. The van der Waals surface area contributed by atoms with E-state index in [1.807, 2.05) is 6.92 Å². The van der Waals surface area contributed by atoms with Crippen LogP contribution in [0.2, 0.25) is 0 Å². The monoisotopic (exact) mass is 678 g/mol. The minimum absolute atomic E-state index is 0.109. The first kappa shape index (κ1) is 38.1. The van der Waals surface area contributed by atoms with Gasteiger partial charge in [-0.05, 0) is 37.1 Å². The second kappa shape index (κ2) is 14.6. The van der Waals surface area contributed by atoms with Crippen molar-refractivity contribution in [3.05, 3.63) is 36.7 Å². The van der Waals surface area contributed by atoms with Crippen molar-refractivity contribution in [2.24, 2.45) is 0 Å². The number of aromatic nitrogens is 2. The van der Waals surface area contributed by atoms with Crippen LogP contribution in [-0.2, 0) is 0 Å². The Kier molecular flexibility index (Phi) is 12.3. The molecule has 18 heteroatoms. The highest BCUT2D eigenvalue weighted by atomic mass is 19.4. The molecule has 1 heterocycles. The second-order valence-electron chi connectivity index (χ2n) is 9.98. The predicted octanol–water partition coefficient (Wildman–Crippen LogP) is 9.73. The summed E-state index contributed by atoms with van der Waals surface area (Å²) in [6.45, 7) is 0.953.